The van der Waals surface area contributed by atoms with Crippen molar-refractivity contribution in [1.82, 2.24) is 19.3 Å². The summed E-state index contributed by atoms with van der Waals surface area (Å²) in [5, 5.41) is 4.15. The van der Waals surface area contributed by atoms with Gasteiger partial charge in [-0.25, -0.2) is 8.42 Å². The molecule has 1 aromatic heterocycles. The topological polar surface area (TPSA) is 96.6 Å². The Morgan fingerprint density at radius 2 is 1.71 bits per heavy atom. The van der Waals surface area contributed by atoms with Gasteiger partial charge in [0.15, 0.2) is 5.82 Å². The molecule has 3 aromatic rings. The maximum atomic E-state index is 12.9. The van der Waals surface area contributed by atoms with E-state index in [2.05, 4.69) is 10.1 Å². The van der Waals surface area contributed by atoms with Crippen LogP contribution >= 0.6 is 23.2 Å². The molecule has 1 saturated heterocycles. The number of amides is 1. The second-order valence-corrected chi connectivity index (χ2v) is 9.75. The number of sulfonamides is 1. The van der Waals surface area contributed by atoms with Gasteiger partial charge in [-0.3, -0.25) is 4.79 Å². The van der Waals surface area contributed by atoms with E-state index >= 15 is 0 Å². The van der Waals surface area contributed by atoms with Gasteiger partial charge in [0.1, 0.15) is 4.90 Å². The lowest BCUT2D eigenvalue weighted by atomic mass is 10.1. The Balaban J connectivity index is 1.43. The summed E-state index contributed by atoms with van der Waals surface area (Å²) in [6, 6.07) is 11.2. The molecule has 0 bridgehead atoms. The lowest BCUT2D eigenvalue weighted by molar-refractivity contribution is 0.0698. The number of hydrogen-bond acceptors (Lipinski definition) is 6. The Morgan fingerprint density at radius 1 is 1.03 bits per heavy atom. The molecule has 0 radical (unpaired) electrons. The molecule has 1 amide bonds. The van der Waals surface area contributed by atoms with Crippen molar-refractivity contribution in [2.24, 2.45) is 0 Å². The molecule has 0 N–H and O–H groups in total. The van der Waals surface area contributed by atoms with Crippen LogP contribution in [-0.2, 0) is 10.0 Å². The van der Waals surface area contributed by atoms with Gasteiger partial charge in [-0.2, -0.15) is 9.29 Å². The van der Waals surface area contributed by atoms with E-state index in [1.807, 2.05) is 0 Å². The van der Waals surface area contributed by atoms with Crippen LogP contribution in [0.1, 0.15) is 16.2 Å². The summed E-state index contributed by atoms with van der Waals surface area (Å²) in [5.74, 6) is 0.739. The van der Waals surface area contributed by atoms with Crippen molar-refractivity contribution in [2.45, 2.75) is 11.8 Å². The molecule has 11 heteroatoms. The maximum absolute atomic E-state index is 12.9. The molecule has 4 rings (SSSR count). The standard InChI is InChI=1S/C20H18Cl2N4O4S/c1-13-23-19(30-24-13)14-2-4-15(5-3-14)20(27)25-8-10-26(11-9-25)31(28,29)18-12-16(21)6-7-17(18)22/h2-7,12H,8-11H2,1H3. The Morgan fingerprint density at radius 3 is 2.32 bits per heavy atom. The molecule has 0 aliphatic carbocycles. The minimum absolute atomic E-state index is 0.0340. The van der Waals surface area contributed by atoms with Gasteiger partial charge in [-0.05, 0) is 49.4 Å². The molecule has 1 aliphatic rings. The van der Waals surface area contributed by atoms with E-state index in [0.717, 1.165) is 0 Å². The zero-order chi connectivity index (χ0) is 22.2. The zero-order valence-electron chi connectivity index (χ0n) is 16.5. The Labute approximate surface area is 189 Å². The van der Waals surface area contributed by atoms with Crippen molar-refractivity contribution < 1.29 is 17.7 Å². The first-order chi connectivity index (χ1) is 14.8. The van der Waals surface area contributed by atoms with Gasteiger partial charge < -0.3 is 9.42 Å². The zero-order valence-corrected chi connectivity index (χ0v) is 18.8. The highest BCUT2D eigenvalue weighted by Gasteiger charge is 2.32. The number of hydrogen-bond donors (Lipinski definition) is 0. The van der Waals surface area contributed by atoms with Crippen LogP contribution in [0.5, 0.6) is 0 Å². The number of carbonyl (C=O) groups excluding carboxylic acids is 1. The van der Waals surface area contributed by atoms with Crippen LogP contribution in [0.25, 0.3) is 11.5 Å². The molecule has 1 aliphatic heterocycles. The number of rotatable bonds is 4. The van der Waals surface area contributed by atoms with E-state index in [1.165, 1.54) is 22.5 Å². The van der Waals surface area contributed by atoms with Crippen molar-refractivity contribution in [3.8, 4) is 11.5 Å². The highest BCUT2D eigenvalue weighted by atomic mass is 35.5. The van der Waals surface area contributed by atoms with Gasteiger partial charge in [-0.15, -0.1) is 0 Å². The van der Waals surface area contributed by atoms with Crippen LogP contribution in [0.15, 0.2) is 51.9 Å². The first-order valence-electron chi connectivity index (χ1n) is 9.41. The van der Waals surface area contributed by atoms with Crippen molar-refractivity contribution in [1.29, 1.82) is 0 Å². The predicted octanol–water partition coefficient (Wildman–Crippen LogP) is 3.50. The third-order valence-corrected chi connectivity index (χ3v) is 7.56. The molecular formula is C20H18Cl2N4O4S. The summed E-state index contributed by atoms with van der Waals surface area (Å²) in [4.78, 5) is 18.6. The number of piperazine rings is 1. The number of carbonyl (C=O) groups is 1. The van der Waals surface area contributed by atoms with Gasteiger partial charge in [-0.1, -0.05) is 28.4 Å². The molecule has 0 saturated carbocycles. The monoisotopic (exact) mass is 480 g/mol. The quantitative estimate of drug-likeness (QED) is 0.566. The summed E-state index contributed by atoms with van der Waals surface area (Å²) >= 11 is 12.0. The largest absolute Gasteiger partial charge is 0.336 e. The van der Waals surface area contributed by atoms with Crippen molar-refractivity contribution >= 4 is 39.1 Å². The summed E-state index contributed by atoms with van der Waals surface area (Å²) < 4.78 is 32.3. The first-order valence-corrected chi connectivity index (χ1v) is 11.6. The molecular weight excluding hydrogens is 463 g/mol. The average Bonchev–Trinajstić information content (AvgIpc) is 3.21. The van der Waals surface area contributed by atoms with Gasteiger partial charge in [0, 0.05) is 42.3 Å². The Bertz CT molecular complexity index is 1220. The first kappa shape index (κ1) is 21.8. The number of aryl methyl sites for hydroxylation is 1. The fraction of sp³-hybridized carbons (Fsp3) is 0.250. The summed E-state index contributed by atoms with van der Waals surface area (Å²) in [6.45, 7) is 2.58. The van der Waals surface area contributed by atoms with Crippen LogP contribution < -0.4 is 0 Å². The van der Waals surface area contributed by atoms with Crippen LogP contribution in [-0.4, -0.2) is 59.8 Å². The molecule has 0 spiro atoms. The Hall–Kier alpha value is -2.46. The molecule has 31 heavy (non-hydrogen) atoms. The maximum Gasteiger partial charge on any atom is 0.257 e. The van der Waals surface area contributed by atoms with E-state index in [9.17, 15) is 13.2 Å². The molecule has 2 heterocycles. The molecule has 8 nitrogen and oxygen atoms in total. The van der Waals surface area contributed by atoms with Crippen LogP contribution in [0.3, 0.4) is 0 Å². The molecule has 162 valence electrons. The highest BCUT2D eigenvalue weighted by molar-refractivity contribution is 7.89. The number of aromatic nitrogens is 2. The fourth-order valence-corrected chi connectivity index (χ4v) is 5.46. The van der Waals surface area contributed by atoms with Gasteiger partial charge in [0.25, 0.3) is 11.8 Å². The van der Waals surface area contributed by atoms with E-state index in [4.69, 9.17) is 27.7 Å². The summed E-state index contributed by atoms with van der Waals surface area (Å²) in [7, 11) is -3.81. The summed E-state index contributed by atoms with van der Waals surface area (Å²) in [6.07, 6.45) is 0. The number of halogens is 2. The average molecular weight is 481 g/mol. The number of benzene rings is 2. The van der Waals surface area contributed by atoms with E-state index in [0.29, 0.717) is 22.8 Å². The van der Waals surface area contributed by atoms with Crippen LogP contribution in [0.4, 0.5) is 0 Å². The van der Waals surface area contributed by atoms with E-state index < -0.39 is 10.0 Å². The minimum atomic E-state index is -3.81. The molecule has 2 aromatic carbocycles. The van der Waals surface area contributed by atoms with Crippen molar-refractivity contribution in [2.75, 3.05) is 26.2 Å². The van der Waals surface area contributed by atoms with Gasteiger partial charge >= 0.3 is 0 Å². The van der Waals surface area contributed by atoms with Crippen LogP contribution in [0.2, 0.25) is 10.0 Å². The summed E-state index contributed by atoms with van der Waals surface area (Å²) in [5.41, 5.74) is 1.21. The molecule has 0 unspecified atom stereocenters. The third kappa shape index (κ3) is 4.45. The lowest BCUT2D eigenvalue weighted by Crippen LogP contribution is -2.50. The second-order valence-electron chi connectivity index (χ2n) is 7.00. The minimum Gasteiger partial charge on any atom is -0.336 e. The number of nitrogens with zero attached hydrogens (tertiary/aromatic N) is 4. The third-order valence-electron chi connectivity index (χ3n) is 4.94. The van der Waals surface area contributed by atoms with E-state index in [1.54, 1.807) is 36.1 Å². The molecule has 1 fully saturated rings. The normalized spacial score (nSPS) is 15.3. The second kappa shape index (κ2) is 8.58. The van der Waals surface area contributed by atoms with Gasteiger partial charge in [0.2, 0.25) is 10.0 Å². The smallest absolute Gasteiger partial charge is 0.257 e. The fourth-order valence-electron chi connectivity index (χ4n) is 3.30. The highest BCUT2D eigenvalue weighted by Crippen LogP contribution is 2.28. The predicted molar refractivity (Wildman–Crippen MR) is 116 cm³/mol. The van der Waals surface area contributed by atoms with Crippen molar-refractivity contribution in [3.05, 3.63) is 63.9 Å². The SMILES string of the molecule is Cc1noc(-c2ccc(C(=O)N3CCN(S(=O)(=O)c4cc(Cl)ccc4Cl)CC3)cc2)n1. The lowest BCUT2D eigenvalue weighted by Gasteiger charge is -2.34. The molecule has 0 atom stereocenters. The Kier molecular flexibility index (Phi) is 6.02. The van der Waals surface area contributed by atoms with E-state index in [-0.39, 0.29) is 47.0 Å². The van der Waals surface area contributed by atoms with Crippen molar-refractivity contribution in [3.63, 3.8) is 0 Å². The van der Waals surface area contributed by atoms with Crippen LogP contribution in [0, 0.1) is 6.92 Å². The van der Waals surface area contributed by atoms with Gasteiger partial charge in [0.05, 0.1) is 5.02 Å².